The Hall–Kier alpha value is -0.480. The van der Waals surface area contributed by atoms with Crippen LogP contribution in [0.3, 0.4) is 0 Å². The number of esters is 1. The van der Waals surface area contributed by atoms with Crippen LogP contribution in [0.5, 0.6) is 0 Å². The molecular weight excluding hydrogens is 344 g/mol. The number of likely N-dealkylation sites (N-methyl/N-ethyl adjacent to an activating group) is 1. The molecule has 1 heterocycles. The summed E-state index contributed by atoms with van der Waals surface area (Å²) in [6.07, 6.45) is 0. The fraction of sp³-hybridized carbons (Fsp3) is 0.444. The van der Waals surface area contributed by atoms with E-state index < -0.39 is 16.0 Å². The Labute approximate surface area is 118 Å². The van der Waals surface area contributed by atoms with E-state index in [0.29, 0.717) is 10.3 Å². The molecule has 9 heteroatoms. The molecule has 0 atom stereocenters. The van der Waals surface area contributed by atoms with Gasteiger partial charge in [-0.2, -0.15) is 0 Å². The Morgan fingerprint density at radius 3 is 2.72 bits per heavy atom. The lowest BCUT2D eigenvalue weighted by Crippen LogP contribution is -2.30. The lowest BCUT2D eigenvalue weighted by atomic mass is 10.5. The highest BCUT2D eigenvalue weighted by molar-refractivity contribution is 9.11. The molecule has 18 heavy (non-hydrogen) atoms. The quantitative estimate of drug-likeness (QED) is 0.581. The van der Waals surface area contributed by atoms with Crippen molar-refractivity contribution in [2.24, 2.45) is 0 Å². The number of methoxy groups -OCH3 is 1. The molecule has 0 amide bonds. The molecule has 0 saturated heterocycles. The van der Waals surface area contributed by atoms with Gasteiger partial charge in [0.15, 0.2) is 0 Å². The van der Waals surface area contributed by atoms with Gasteiger partial charge < -0.3 is 10.1 Å². The van der Waals surface area contributed by atoms with E-state index >= 15 is 0 Å². The predicted molar refractivity (Wildman–Crippen MR) is 72.5 cm³/mol. The minimum atomic E-state index is -3.62. The van der Waals surface area contributed by atoms with Gasteiger partial charge >= 0.3 is 5.97 Å². The molecular formula is C9H13BrN2O4S2. The summed E-state index contributed by atoms with van der Waals surface area (Å²) >= 11 is 4.16. The average molecular weight is 357 g/mol. The van der Waals surface area contributed by atoms with Gasteiger partial charge in [-0.1, -0.05) is 0 Å². The number of hydrogen-bond acceptors (Lipinski definition) is 6. The van der Waals surface area contributed by atoms with Crippen molar-refractivity contribution in [2.45, 2.75) is 4.90 Å². The maximum absolute atomic E-state index is 11.9. The molecule has 0 fully saturated rings. The molecule has 0 aromatic carbocycles. The van der Waals surface area contributed by atoms with Crippen LogP contribution in [0, 0.1) is 0 Å². The number of thiophene rings is 1. The number of halogens is 1. The summed E-state index contributed by atoms with van der Waals surface area (Å²) in [5.74, 6) is -0.558. The van der Waals surface area contributed by atoms with Gasteiger partial charge in [-0.25, -0.2) is 17.9 Å². The fourth-order valence-corrected chi connectivity index (χ4v) is 4.64. The van der Waals surface area contributed by atoms with Crippen LogP contribution in [0.4, 0.5) is 0 Å². The van der Waals surface area contributed by atoms with Crippen molar-refractivity contribution < 1.29 is 17.9 Å². The van der Waals surface area contributed by atoms with Crippen LogP contribution in [0.25, 0.3) is 0 Å². The first-order valence-corrected chi connectivity index (χ1v) is 8.03. The van der Waals surface area contributed by atoms with Gasteiger partial charge in [-0.3, -0.25) is 0 Å². The zero-order chi connectivity index (χ0) is 13.8. The summed E-state index contributed by atoms with van der Waals surface area (Å²) < 4.78 is 31.2. The zero-order valence-electron chi connectivity index (χ0n) is 9.82. The number of hydrogen-bond donors (Lipinski definition) is 2. The molecule has 0 spiro atoms. The van der Waals surface area contributed by atoms with Gasteiger partial charge in [-0.05, 0) is 29.0 Å². The fourth-order valence-electron chi connectivity index (χ4n) is 1.12. The van der Waals surface area contributed by atoms with Crippen molar-refractivity contribution in [1.29, 1.82) is 0 Å². The minimum absolute atomic E-state index is 0.0454. The highest BCUT2D eigenvalue weighted by Crippen LogP contribution is 2.31. The van der Waals surface area contributed by atoms with Crippen molar-refractivity contribution in [3.05, 3.63) is 14.7 Å². The van der Waals surface area contributed by atoms with Gasteiger partial charge in [0.25, 0.3) is 0 Å². The zero-order valence-corrected chi connectivity index (χ0v) is 13.0. The van der Waals surface area contributed by atoms with Gasteiger partial charge in [0.2, 0.25) is 10.0 Å². The molecule has 2 N–H and O–H groups in total. The number of carbonyl (C=O) groups excluding carboxylic acids is 1. The van der Waals surface area contributed by atoms with E-state index in [4.69, 9.17) is 0 Å². The van der Waals surface area contributed by atoms with E-state index in [9.17, 15) is 13.2 Å². The monoisotopic (exact) mass is 356 g/mol. The van der Waals surface area contributed by atoms with Crippen molar-refractivity contribution in [1.82, 2.24) is 10.0 Å². The molecule has 102 valence electrons. The molecule has 1 aromatic rings. The van der Waals surface area contributed by atoms with Crippen molar-refractivity contribution >= 4 is 43.3 Å². The molecule has 1 aromatic heterocycles. The lowest BCUT2D eigenvalue weighted by molar-refractivity contribution is 0.0606. The summed E-state index contributed by atoms with van der Waals surface area (Å²) in [6, 6.07) is 1.29. The Balaban J connectivity index is 2.95. The normalized spacial score (nSPS) is 11.5. The predicted octanol–water partition coefficient (Wildman–Crippen LogP) is 0.795. The largest absolute Gasteiger partial charge is 0.465 e. The molecule has 0 radical (unpaired) electrons. The van der Waals surface area contributed by atoms with Crippen LogP contribution < -0.4 is 10.0 Å². The molecule has 0 bridgehead atoms. The van der Waals surface area contributed by atoms with Crippen LogP contribution in [0.15, 0.2) is 14.7 Å². The highest BCUT2D eigenvalue weighted by Gasteiger charge is 2.23. The second-order valence-corrected chi connectivity index (χ2v) is 7.35. The van der Waals surface area contributed by atoms with Crippen LogP contribution in [0.1, 0.15) is 9.67 Å². The lowest BCUT2D eigenvalue weighted by Gasteiger charge is -2.04. The van der Waals surface area contributed by atoms with Crippen LogP contribution in [0.2, 0.25) is 0 Å². The summed E-state index contributed by atoms with van der Waals surface area (Å²) in [5.41, 5.74) is 0. The Bertz CT molecular complexity index is 527. The third-order valence-electron chi connectivity index (χ3n) is 2.00. The summed E-state index contributed by atoms with van der Waals surface area (Å²) in [6.45, 7) is 0.791. The first-order chi connectivity index (χ1) is 8.42. The van der Waals surface area contributed by atoms with Crippen LogP contribution >= 0.6 is 27.3 Å². The molecule has 6 nitrogen and oxygen atoms in total. The molecule has 0 aliphatic heterocycles. The van der Waals surface area contributed by atoms with Gasteiger partial charge in [-0.15, -0.1) is 11.3 Å². The third kappa shape index (κ3) is 3.75. The Kier molecular flexibility index (Phi) is 5.73. The van der Waals surface area contributed by atoms with E-state index in [2.05, 4.69) is 30.7 Å². The molecule has 0 aliphatic carbocycles. The summed E-state index contributed by atoms with van der Waals surface area (Å²) in [5, 5.41) is 2.83. The smallest absolute Gasteiger partial charge is 0.348 e. The van der Waals surface area contributed by atoms with Gasteiger partial charge in [0.05, 0.1) is 10.9 Å². The van der Waals surface area contributed by atoms with E-state index in [1.807, 2.05) is 0 Å². The first-order valence-electron chi connectivity index (χ1n) is 4.94. The van der Waals surface area contributed by atoms with E-state index in [1.54, 1.807) is 7.05 Å². The highest BCUT2D eigenvalue weighted by atomic mass is 79.9. The Morgan fingerprint density at radius 1 is 1.50 bits per heavy atom. The van der Waals surface area contributed by atoms with Crippen molar-refractivity contribution in [3.63, 3.8) is 0 Å². The topological polar surface area (TPSA) is 84.5 Å². The van der Waals surface area contributed by atoms with Crippen molar-refractivity contribution in [3.8, 4) is 0 Å². The number of ether oxygens (including phenoxy) is 1. The van der Waals surface area contributed by atoms with Crippen LogP contribution in [-0.2, 0) is 14.8 Å². The molecule has 0 unspecified atom stereocenters. The van der Waals surface area contributed by atoms with E-state index in [-0.39, 0.29) is 16.3 Å². The first kappa shape index (κ1) is 15.6. The van der Waals surface area contributed by atoms with Crippen molar-refractivity contribution in [2.75, 3.05) is 27.2 Å². The van der Waals surface area contributed by atoms with E-state index in [0.717, 1.165) is 11.3 Å². The standard InChI is InChI=1S/C9H13BrN2O4S2/c1-11-3-4-12-18(14,15)7-5-6(9(13)16-2)17-8(7)10/h5,11-12H,3-4H2,1-2H3. The Morgan fingerprint density at radius 2 is 2.17 bits per heavy atom. The number of rotatable bonds is 6. The minimum Gasteiger partial charge on any atom is -0.465 e. The van der Waals surface area contributed by atoms with E-state index in [1.165, 1.54) is 13.2 Å². The maximum atomic E-state index is 11.9. The second-order valence-electron chi connectivity index (χ2n) is 3.24. The third-order valence-corrected chi connectivity index (χ3v) is 5.69. The number of sulfonamides is 1. The maximum Gasteiger partial charge on any atom is 0.348 e. The molecule has 0 saturated carbocycles. The SMILES string of the molecule is CNCCNS(=O)(=O)c1cc(C(=O)OC)sc1Br. The summed E-state index contributed by atoms with van der Waals surface area (Å²) in [4.78, 5) is 11.6. The average Bonchev–Trinajstić information content (AvgIpc) is 2.71. The van der Waals surface area contributed by atoms with Crippen LogP contribution in [-0.4, -0.2) is 41.6 Å². The number of carbonyl (C=O) groups is 1. The second kappa shape index (κ2) is 6.62. The number of nitrogens with one attached hydrogen (secondary N) is 2. The summed E-state index contributed by atoms with van der Waals surface area (Å²) in [7, 11) is -0.647. The molecule has 0 aliphatic rings. The van der Waals surface area contributed by atoms with Gasteiger partial charge in [0, 0.05) is 13.1 Å². The van der Waals surface area contributed by atoms with Gasteiger partial charge in [0.1, 0.15) is 9.77 Å². The molecule has 1 rings (SSSR count).